The number of likely N-dealkylation sites (tertiary alicyclic amines) is 1. The third kappa shape index (κ3) is 7.69. The van der Waals surface area contributed by atoms with Gasteiger partial charge in [-0.25, -0.2) is 0 Å². The maximum Gasteiger partial charge on any atom is 0.267 e. The van der Waals surface area contributed by atoms with Gasteiger partial charge in [-0.05, 0) is 81.7 Å². The number of piperidine rings is 1. The van der Waals surface area contributed by atoms with E-state index < -0.39 is 5.60 Å². The van der Waals surface area contributed by atoms with Gasteiger partial charge in [0, 0.05) is 60.2 Å². The number of H-pyrrole nitrogens is 1. The monoisotopic (exact) mass is 633 g/mol. The predicted octanol–water partition coefficient (Wildman–Crippen LogP) is 5.40. The van der Waals surface area contributed by atoms with E-state index >= 15 is 0 Å². The Morgan fingerprint density at radius 1 is 1.11 bits per heavy atom. The molecule has 1 saturated carbocycles. The number of carbonyl (C=O) groups excluding carboxylic acids is 1. The Labute approximate surface area is 270 Å². The van der Waals surface area contributed by atoms with Gasteiger partial charge in [-0.1, -0.05) is 13.0 Å². The first kappa shape index (κ1) is 32.4. The van der Waals surface area contributed by atoms with Gasteiger partial charge in [0.25, 0.3) is 5.91 Å². The minimum atomic E-state index is -0.700. The average molecular weight is 634 g/mol. The summed E-state index contributed by atoms with van der Waals surface area (Å²) in [5.41, 5.74) is 2.26. The van der Waals surface area contributed by atoms with Gasteiger partial charge in [-0.3, -0.25) is 4.79 Å². The molecule has 0 radical (unpaired) electrons. The molecule has 2 aromatic carbocycles. The van der Waals surface area contributed by atoms with Crippen LogP contribution in [-0.2, 0) is 11.3 Å². The molecule has 2 fully saturated rings. The molecule has 0 bridgehead atoms. The Morgan fingerprint density at radius 3 is 2.76 bits per heavy atom. The Kier molecular flexibility index (Phi) is 10.2. The molecular weight excluding hydrogens is 586 g/mol. The zero-order valence-electron chi connectivity index (χ0n) is 26.9. The van der Waals surface area contributed by atoms with Crippen LogP contribution in [0.4, 0.5) is 0 Å². The number of furan rings is 1. The Hall–Kier alpha value is -3.57. The minimum Gasteiger partial charge on any atom is -0.491 e. The number of rotatable bonds is 13. The smallest absolute Gasteiger partial charge is 0.267 e. The quantitative estimate of drug-likeness (QED) is 0.144. The number of amides is 1. The molecule has 4 N–H and O–H groups in total. The van der Waals surface area contributed by atoms with E-state index in [1.807, 2.05) is 49.4 Å². The van der Waals surface area contributed by atoms with Crippen molar-refractivity contribution in [1.29, 1.82) is 0 Å². The fourth-order valence-electron chi connectivity index (χ4n) is 6.76. The van der Waals surface area contributed by atoms with Crippen molar-refractivity contribution >= 4 is 27.8 Å². The second kappa shape index (κ2) is 14.5. The first-order chi connectivity index (χ1) is 22.3. The van der Waals surface area contributed by atoms with E-state index in [0.29, 0.717) is 50.7 Å². The van der Waals surface area contributed by atoms with Gasteiger partial charge in [0.15, 0.2) is 0 Å². The first-order valence-corrected chi connectivity index (χ1v) is 16.7. The summed E-state index contributed by atoms with van der Waals surface area (Å²) < 4.78 is 23.1. The zero-order valence-corrected chi connectivity index (χ0v) is 26.9. The maximum atomic E-state index is 13.3. The molecule has 1 saturated heterocycles. The Balaban J connectivity index is 1.01. The van der Waals surface area contributed by atoms with Crippen LogP contribution in [-0.4, -0.2) is 83.2 Å². The van der Waals surface area contributed by atoms with Crippen LogP contribution >= 0.6 is 0 Å². The van der Waals surface area contributed by atoms with E-state index in [1.54, 1.807) is 6.26 Å². The van der Waals surface area contributed by atoms with Gasteiger partial charge < -0.3 is 44.0 Å². The van der Waals surface area contributed by atoms with Gasteiger partial charge in [-0.2, -0.15) is 0 Å². The Bertz CT molecular complexity index is 1610. The van der Waals surface area contributed by atoms with Gasteiger partial charge in [0.1, 0.15) is 36.0 Å². The fourth-order valence-corrected chi connectivity index (χ4v) is 6.76. The van der Waals surface area contributed by atoms with E-state index in [1.165, 1.54) is 0 Å². The lowest BCUT2D eigenvalue weighted by atomic mass is 9.80. The highest BCUT2D eigenvalue weighted by Crippen LogP contribution is 2.33. The molecule has 0 spiro atoms. The number of carbonyl (C=O) groups is 1. The molecule has 1 aliphatic heterocycles. The fraction of sp³-hybridized carbons (Fsp3) is 0.528. The lowest BCUT2D eigenvalue weighted by molar-refractivity contribution is -0.0272. The summed E-state index contributed by atoms with van der Waals surface area (Å²) in [6, 6.07) is 13.4. The number of aromatic amines is 1. The molecule has 4 aromatic rings. The third-order valence-electron chi connectivity index (χ3n) is 9.67. The summed E-state index contributed by atoms with van der Waals surface area (Å²) in [5.74, 6) is 1.52. The molecule has 0 unspecified atom stereocenters. The number of ether oxygens (including phenoxy) is 3. The molecule has 2 atom stereocenters. The highest BCUT2D eigenvalue weighted by molar-refractivity contribution is 5.99. The number of hydrogen-bond donors (Lipinski definition) is 4. The molecule has 10 nitrogen and oxygen atoms in total. The van der Waals surface area contributed by atoms with Crippen LogP contribution in [0.5, 0.6) is 11.5 Å². The number of aromatic nitrogens is 1. The normalized spacial score (nSPS) is 24.0. The third-order valence-corrected chi connectivity index (χ3v) is 9.67. The summed E-state index contributed by atoms with van der Waals surface area (Å²) >= 11 is 0. The lowest BCUT2D eigenvalue weighted by Gasteiger charge is -2.39. The van der Waals surface area contributed by atoms with Gasteiger partial charge >= 0.3 is 0 Å². The molecule has 2 aliphatic rings. The van der Waals surface area contributed by atoms with Gasteiger partial charge in [-0.15, -0.1) is 0 Å². The number of aliphatic hydroxyl groups is 2. The van der Waals surface area contributed by atoms with Crippen molar-refractivity contribution < 1.29 is 33.6 Å². The molecule has 1 aliphatic carbocycles. The molecule has 46 heavy (non-hydrogen) atoms. The van der Waals surface area contributed by atoms with Crippen LogP contribution in [0.25, 0.3) is 21.9 Å². The molecular formula is C36H47N3O7. The van der Waals surface area contributed by atoms with Crippen molar-refractivity contribution in [3.05, 3.63) is 60.0 Å². The number of hydrogen-bond acceptors (Lipinski definition) is 8. The molecule has 2 aromatic heterocycles. The Morgan fingerprint density at radius 2 is 1.96 bits per heavy atom. The number of fused-ring (bicyclic) bond motifs is 2. The van der Waals surface area contributed by atoms with Crippen molar-refractivity contribution in [2.45, 2.75) is 76.7 Å². The van der Waals surface area contributed by atoms with E-state index in [-0.39, 0.29) is 24.0 Å². The summed E-state index contributed by atoms with van der Waals surface area (Å²) in [5, 5.41) is 26.2. The van der Waals surface area contributed by atoms with Crippen molar-refractivity contribution in [3.63, 3.8) is 0 Å². The minimum absolute atomic E-state index is 0.0185. The summed E-state index contributed by atoms with van der Waals surface area (Å²) in [4.78, 5) is 18.9. The standard InChI is InChI=1S/C36H47N3O7/c1-3-43-17-18-44-27-7-8-28-25(23-46-34(28)19-27)22-45-33-6-4-5-30-29(33)20-31(38-30)35(41)37-26-9-12-36(42,13-10-26)14-16-39-15-11-32(40)24(2)21-39/h4-8,19-20,23-24,26,32,38,40,42H,3,9-18,21-22H2,1-2H3,(H,37,41)/t24-,26?,32-,36?/m0/s1. The highest BCUT2D eigenvalue weighted by Gasteiger charge is 2.35. The number of nitrogens with one attached hydrogen (secondary N) is 2. The molecule has 3 heterocycles. The SMILES string of the molecule is CCOCCOc1ccc2c(COc3cccc4[nH]c(C(=O)NC5CCC(O)(CCN6CC[C@H](O)[C@@H](C)C6)CC5)cc34)coc2c1. The van der Waals surface area contributed by atoms with Gasteiger partial charge in [0.05, 0.1) is 24.6 Å². The van der Waals surface area contributed by atoms with Crippen molar-refractivity contribution in [2.75, 3.05) is 39.5 Å². The summed E-state index contributed by atoms with van der Waals surface area (Å²) in [6.07, 6.45) is 5.82. The van der Waals surface area contributed by atoms with Crippen LogP contribution in [0, 0.1) is 5.92 Å². The molecule has 1 amide bonds. The summed E-state index contributed by atoms with van der Waals surface area (Å²) in [6.45, 7) is 8.63. The molecule has 10 heteroatoms. The number of aliphatic hydroxyl groups excluding tert-OH is 1. The number of benzene rings is 2. The second-order valence-electron chi connectivity index (χ2n) is 13.0. The largest absolute Gasteiger partial charge is 0.491 e. The van der Waals surface area contributed by atoms with Gasteiger partial charge in [0.2, 0.25) is 0 Å². The molecule has 6 rings (SSSR count). The van der Waals surface area contributed by atoms with E-state index in [4.69, 9.17) is 18.6 Å². The van der Waals surface area contributed by atoms with E-state index in [9.17, 15) is 15.0 Å². The van der Waals surface area contributed by atoms with Crippen LogP contribution in [0.2, 0.25) is 0 Å². The van der Waals surface area contributed by atoms with Crippen molar-refractivity contribution in [3.8, 4) is 11.5 Å². The lowest BCUT2D eigenvalue weighted by Crippen LogP contribution is -2.47. The average Bonchev–Trinajstić information content (AvgIpc) is 3.68. The van der Waals surface area contributed by atoms with Crippen LogP contribution < -0.4 is 14.8 Å². The van der Waals surface area contributed by atoms with Crippen molar-refractivity contribution in [2.24, 2.45) is 5.92 Å². The zero-order chi connectivity index (χ0) is 32.1. The molecule has 248 valence electrons. The van der Waals surface area contributed by atoms with E-state index in [0.717, 1.165) is 78.5 Å². The topological polar surface area (TPSA) is 129 Å². The van der Waals surface area contributed by atoms with Crippen molar-refractivity contribution in [1.82, 2.24) is 15.2 Å². The summed E-state index contributed by atoms with van der Waals surface area (Å²) in [7, 11) is 0. The van der Waals surface area contributed by atoms with Crippen LogP contribution in [0.15, 0.2) is 53.1 Å². The van der Waals surface area contributed by atoms with Crippen LogP contribution in [0.3, 0.4) is 0 Å². The highest BCUT2D eigenvalue weighted by atomic mass is 16.5. The first-order valence-electron chi connectivity index (χ1n) is 16.7. The predicted molar refractivity (Wildman–Crippen MR) is 176 cm³/mol. The van der Waals surface area contributed by atoms with E-state index in [2.05, 4.69) is 22.1 Å². The van der Waals surface area contributed by atoms with Crippen LogP contribution in [0.1, 0.15) is 68.4 Å². The second-order valence-corrected chi connectivity index (χ2v) is 13.0. The maximum absolute atomic E-state index is 13.3. The number of nitrogens with zero attached hydrogens (tertiary/aromatic N) is 1.